The van der Waals surface area contributed by atoms with Gasteiger partial charge in [-0.25, -0.2) is 8.42 Å². The van der Waals surface area contributed by atoms with E-state index in [0.29, 0.717) is 11.4 Å². The maximum Gasteiger partial charge on any atom is 0.244 e. The largest absolute Gasteiger partial charge is 0.347 e. The second kappa shape index (κ2) is 10.4. The molecule has 8 heteroatoms. The lowest BCUT2D eigenvalue weighted by molar-refractivity contribution is -0.123. The number of anilines is 1. The summed E-state index contributed by atoms with van der Waals surface area (Å²) in [5.41, 5.74) is 3.97. The summed E-state index contributed by atoms with van der Waals surface area (Å²) in [6, 6.07) is 9.84. The number of carbonyl (C=O) groups excluding carboxylic acids is 1. The van der Waals surface area contributed by atoms with E-state index in [2.05, 4.69) is 23.5 Å². The van der Waals surface area contributed by atoms with Gasteiger partial charge >= 0.3 is 0 Å². The fourth-order valence-electron chi connectivity index (χ4n) is 4.35. The van der Waals surface area contributed by atoms with Gasteiger partial charge in [0.1, 0.15) is 6.04 Å². The fraction of sp³-hybridized carbons (Fsp3) is 0.458. The van der Waals surface area contributed by atoms with Crippen molar-refractivity contribution in [2.75, 3.05) is 10.6 Å². The highest BCUT2D eigenvalue weighted by atomic mass is 35.5. The van der Waals surface area contributed by atoms with E-state index in [9.17, 15) is 13.2 Å². The highest BCUT2D eigenvalue weighted by molar-refractivity contribution is 7.92. The summed E-state index contributed by atoms with van der Waals surface area (Å²) in [7, 11) is -3.80. The molecule has 0 saturated carbocycles. The monoisotopic (exact) mass is 496 g/mol. The van der Waals surface area contributed by atoms with E-state index in [1.165, 1.54) is 36.1 Å². The topological polar surface area (TPSA) is 66.5 Å². The van der Waals surface area contributed by atoms with Crippen LogP contribution in [-0.2, 0) is 27.7 Å². The molecule has 5 nitrogen and oxygen atoms in total. The number of amides is 1. The molecule has 2 unspecified atom stereocenters. The molecular weight excluding hydrogens is 467 g/mol. The van der Waals surface area contributed by atoms with Crippen LogP contribution in [0.2, 0.25) is 10.0 Å². The molecule has 32 heavy (non-hydrogen) atoms. The van der Waals surface area contributed by atoms with Crippen LogP contribution in [0.25, 0.3) is 0 Å². The number of hydrogen-bond donors (Lipinski definition) is 1. The van der Waals surface area contributed by atoms with E-state index >= 15 is 0 Å². The molecule has 1 N–H and O–H groups in total. The molecule has 2 atom stereocenters. The molecule has 0 bridgehead atoms. The first-order valence-corrected chi connectivity index (χ1v) is 13.6. The Labute approximate surface area is 201 Å². The predicted octanol–water partition coefficient (Wildman–Crippen LogP) is 5.68. The first kappa shape index (κ1) is 24.9. The van der Waals surface area contributed by atoms with Gasteiger partial charge in [-0.05, 0) is 73.4 Å². The summed E-state index contributed by atoms with van der Waals surface area (Å²) in [6.45, 7) is 3.79. The lowest BCUT2D eigenvalue weighted by atomic mass is 9.88. The predicted molar refractivity (Wildman–Crippen MR) is 132 cm³/mol. The Balaban J connectivity index is 1.91. The van der Waals surface area contributed by atoms with E-state index in [0.717, 1.165) is 29.0 Å². The van der Waals surface area contributed by atoms with Gasteiger partial charge in [0.05, 0.1) is 23.0 Å². The lowest BCUT2D eigenvalue weighted by Gasteiger charge is -2.32. The third-order valence-corrected chi connectivity index (χ3v) is 7.70. The van der Waals surface area contributed by atoms with E-state index in [1.807, 2.05) is 6.92 Å². The zero-order valence-electron chi connectivity index (χ0n) is 18.7. The average molecular weight is 497 g/mol. The standard InChI is InChI=1S/C24H30Cl2N2O3S/c1-4-21(18-11-10-16-8-6-7-9-17(16)14-18)27-24(29)22(5-2)28(32(3,30)31)23-15-19(25)12-13-20(23)26/h10-15,21-22H,4-9H2,1-3H3,(H,27,29). The smallest absolute Gasteiger partial charge is 0.244 e. The minimum absolute atomic E-state index is 0.200. The van der Waals surface area contributed by atoms with Gasteiger partial charge in [0, 0.05) is 5.02 Å². The van der Waals surface area contributed by atoms with Crippen molar-refractivity contribution in [3.8, 4) is 0 Å². The molecule has 0 radical (unpaired) electrons. The number of rotatable bonds is 8. The number of nitrogens with one attached hydrogen (secondary N) is 1. The van der Waals surface area contributed by atoms with Crippen LogP contribution >= 0.6 is 23.2 Å². The lowest BCUT2D eigenvalue weighted by Crippen LogP contribution is -2.50. The van der Waals surface area contributed by atoms with Crippen LogP contribution in [0.1, 0.15) is 62.3 Å². The van der Waals surface area contributed by atoms with E-state index < -0.39 is 16.1 Å². The van der Waals surface area contributed by atoms with Gasteiger partial charge in [0.15, 0.2) is 0 Å². The molecule has 1 aliphatic rings. The van der Waals surface area contributed by atoms with Crippen LogP contribution in [0.3, 0.4) is 0 Å². The fourth-order valence-corrected chi connectivity index (χ4v) is 5.99. The number of hydrogen-bond acceptors (Lipinski definition) is 3. The van der Waals surface area contributed by atoms with E-state index in [-0.39, 0.29) is 29.1 Å². The summed E-state index contributed by atoms with van der Waals surface area (Å²) in [6.07, 6.45) is 6.59. The Bertz CT molecular complexity index is 1090. The molecule has 0 aromatic heterocycles. The van der Waals surface area contributed by atoms with E-state index in [4.69, 9.17) is 23.2 Å². The highest BCUT2D eigenvalue weighted by Crippen LogP contribution is 2.33. The number of sulfonamides is 1. The molecule has 0 spiro atoms. The molecule has 0 heterocycles. The highest BCUT2D eigenvalue weighted by Gasteiger charge is 2.34. The van der Waals surface area contributed by atoms with Crippen molar-refractivity contribution in [3.63, 3.8) is 0 Å². The van der Waals surface area contributed by atoms with Crippen molar-refractivity contribution < 1.29 is 13.2 Å². The minimum Gasteiger partial charge on any atom is -0.347 e. The maximum absolute atomic E-state index is 13.4. The molecule has 3 rings (SSSR count). The molecule has 2 aromatic rings. The van der Waals surface area contributed by atoms with Gasteiger partial charge < -0.3 is 5.32 Å². The maximum atomic E-state index is 13.4. The summed E-state index contributed by atoms with van der Waals surface area (Å²) in [5, 5.41) is 3.63. The van der Waals surface area contributed by atoms with Crippen molar-refractivity contribution in [1.82, 2.24) is 5.32 Å². The van der Waals surface area contributed by atoms with Crippen LogP contribution in [0.4, 0.5) is 5.69 Å². The van der Waals surface area contributed by atoms with Crippen LogP contribution in [0.5, 0.6) is 0 Å². The molecule has 1 aliphatic carbocycles. The summed E-state index contributed by atoms with van der Waals surface area (Å²) >= 11 is 12.4. The van der Waals surface area contributed by atoms with Gasteiger partial charge in [-0.15, -0.1) is 0 Å². The van der Waals surface area contributed by atoms with Gasteiger partial charge in [0.2, 0.25) is 15.9 Å². The number of aryl methyl sites for hydroxylation is 2. The Hall–Kier alpha value is -1.76. The Morgan fingerprint density at radius 2 is 1.72 bits per heavy atom. The molecule has 2 aromatic carbocycles. The second-order valence-corrected chi connectivity index (χ2v) is 11.0. The SMILES string of the molecule is CCC(NC(=O)C(CC)N(c1cc(Cl)ccc1Cl)S(C)(=O)=O)c1ccc2c(c1)CCCC2. The first-order valence-electron chi connectivity index (χ1n) is 11.0. The third-order valence-electron chi connectivity index (χ3n) is 5.97. The zero-order valence-corrected chi connectivity index (χ0v) is 21.0. The van der Waals surface area contributed by atoms with Crippen LogP contribution in [0.15, 0.2) is 36.4 Å². The van der Waals surface area contributed by atoms with Crippen molar-refractivity contribution in [1.29, 1.82) is 0 Å². The molecule has 0 saturated heterocycles. The van der Waals surface area contributed by atoms with Crippen molar-refractivity contribution in [2.24, 2.45) is 0 Å². The van der Waals surface area contributed by atoms with Crippen LogP contribution < -0.4 is 9.62 Å². The number of benzene rings is 2. The minimum atomic E-state index is -3.80. The number of carbonyl (C=O) groups is 1. The second-order valence-electron chi connectivity index (χ2n) is 8.28. The van der Waals surface area contributed by atoms with Gasteiger partial charge in [-0.2, -0.15) is 0 Å². The third kappa shape index (κ3) is 5.59. The number of halogens is 2. The zero-order chi connectivity index (χ0) is 23.5. The van der Waals surface area contributed by atoms with Gasteiger partial charge in [-0.3, -0.25) is 9.10 Å². The van der Waals surface area contributed by atoms with Crippen molar-refractivity contribution >= 4 is 44.8 Å². The molecule has 0 aliphatic heterocycles. The number of nitrogens with zero attached hydrogens (tertiary/aromatic N) is 1. The molecule has 174 valence electrons. The quantitative estimate of drug-likeness (QED) is 0.510. The molecule has 1 amide bonds. The molecule has 0 fully saturated rings. The van der Waals surface area contributed by atoms with Gasteiger partial charge in [-0.1, -0.05) is 55.2 Å². The van der Waals surface area contributed by atoms with Crippen molar-refractivity contribution in [2.45, 2.75) is 64.5 Å². The summed E-state index contributed by atoms with van der Waals surface area (Å²) in [5.74, 6) is -0.362. The van der Waals surface area contributed by atoms with Crippen LogP contribution in [0, 0.1) is 0 Å². The van der Waals surface area contributed by atoms with Crippen LogP contribution in [-0.4, -0.2) is 26.6 Å². The Morgan fingerprint density at radius 1 is 1.03 bits per heavy atom. The Kier molecular flexibility index (Phi) is 8.12. The summed E-state index contributed by atoms with van der Waals surface area (Å²) in [4.78, 5) is 13.4. The summed E-state index contributed by atoms with van der Waals surface area (Å²) < 4.78 is 26.5. The first-order chi connectivity index (χ1) is 15.2. The molecular formula is C24H30Cl2N2O3S. The van der Waals surface area contributed by atoms with Crippen molar-refractivity contribution in [3.05, 3.63) is 63.1 Å². The number of fused-ring (bicyclic) bond motifs is 1. The Morgan fingerprint density at radius 3 is 2.34 bits per heavy atom. The van der Waals surface area contributed by atoms with E-state index in [1.54, 1.807) is 13.0 Å². The normalized spacial score (nSPS) is 15.5. The average Bonchev–Trinajstić information content (AvgIpc) is 2.76. The van der Waals surface area contributed by atoms with Gasteiger partial charge in [0.25, 0.3) is 0 Å².